The van der Waals surface area contributed by atoms with E-state index in [0.717, 1.165) is 22.0 Å². The predicted molar refractivity (Wildman–Crippen MR) is 72.1 cm³/mol. The lowest BCUT2D eigenvalue weighted by Crippen LogP contribution is -2.11. The molecular weight excluding hydrogens is 262 g/mol. The maximum atomic E-state index is 11.4. The smallest absolute Gasteiger partial charge is 0.254 e. The Morgan fingerprint density at radius 1 is 1.37 bits per heavy atom. The van der Waals surface area contributed by atoms with Gasteiger partial charge in [0.15, 0.2) is 5.65 Å². The molecule has 96 valence electrons. The van der Waals surface area contributed by atoms with E-state index >= 15 is 0 Å². The van der Waals surface area contributed by atoms with Crippen LogP contribution in [-0.2, 0) is 0 Å². The fourth-order valence-corrected chi connectivity index (χ4v) is 2.61. The molecule has 3 heterocycles. The van der Waals surface area contributed by atoms with E-state index in [-0.39, 0.29) is 0 Å². The van der Waals surface area contributed by atoms with E-state index < -0.39 is 5.91 Å². The van der Waals surface area contributed by atoms with Crippen molar-refractivity contribution in [3.63, 3.8) is 0 Å². The zero-order valence-electron chi connectivity index (χ0n) is 10.4. The molecule has 0 saturated carbocycles. The summed E-state index contributed by atoms with van der Waals surface area (Å²) >= 11 is 1.38. The number of hydrogen-bond donors (Lipinski definition) is 1. The van der Waals surface area contributed by atoms with Crippen molar-refractivity contribution in [3.8, 4) is 10.6 Å². The number of hydrogen-bond acceptors (Lipinski definition) is 5. The minimum Gasteiger partial charge on any atom is -0.365 e. The van der Waals surface area contributed by atoms with Crippen molar-refractivity contribution in [2.75, 3.05) is 0 Å². The topological polar surface area (TPSA) is 86.2 Å². The summed E-state index contributed by atoms with van der Waals surface area (Å²) in [6, 6.07) is 3.88. The number of fused-ring (bicyclic) bond motifs is 1. The largest absolute Gasteiger partial charge is 0.365 e. The maximum Gasteiger partial charge on any atom is 0.254 e. The summed E-state index contributed by atoms with van der Waals surface area (Å²) in [5.74, 6) is -0.528. The van der Waals surface area contributed by atoms with Gasteiger partial charge in [0.2, 0.25) is 0 Å². The SMILES string of the molecule is Cc1cc(-c2cc(C)n3ncc(C(N)=O)c3n2)sn1. The fraction of sp³-hybridized carbons (Fsp3) is 0.167. The van der Waals surface area contributed by atoms with Crippen LogP contribution in [0.25, 0.3) is 16.2 Å². The average molecular weight is 273 g/mol. The van der Waals surface area contributed by atoms with Gasteiger partial charge >= 0.3 is 0 Å². The van der Waals surface area contributed by atoms with Gasteiger partial charge in [-0.25, -0.2) is 9.50 Å². The lowest BCUT2D eigenvalue weighted by Gasteiger charge is -2.03. The van der Waals surface area contributed by atoms with Crippen LogP contribution in [-0.4, -0.2) is 24.9 Å². The molecule has 2 N–H and O–H groups in total. The van der Waals surface area contributed by atoms with Gasteiger partial charge in [-0.15, -0.1) is 0 Å². The van der Waals surface area contributed by atoms with E-state index in [9.17, 15) is 4.79 Å². The molecule has 0 atom stereocenters. The van der Waals surface area contributed by atoms with Gasteiger partial charge in [-0.2, -0.15) is 9.47 Å². The quantitative estimate of drug-likeness (QED) is 0.767. The Morgan fingerprint density at radius 3 is 2.79 bits per heavy atom. The summed E-state index contributed by atoms with van der Waals surface area (Å²) in [7, 11) is 0. The van der Waals surface area contributed by atoms with Gasteiger partial charge in [0.05, 0.1) is 22.5 Å². The van der Waals surface area contributed by atoms with Gasteiger partial charge in [-0.05, 0) is 37.5 Å². The van der Waals surface area contributed by atoms with Crippen molar-refractivity contribution < 1.29 is 4.79 Å². The molecule has 7 heteroatoms. The van der Waals surface area contributed by atoms with E-state index in [4.69, 9.17) is 5.73 Å². The first-order valence-corrected chi connectivity index (χ1v) is 6.42. The molecule has 0 bridgehead atoms. The average Bonchev–Trinajstić information content (AvgIpc) is 2.94. The number of carbonyl (C=O) groups is 1. The number of aryl methyl sites for hydroxylation is 2. The van der Waals surface area contributed by atoms with Gasteiger partial charge in [-0.3, -0.25) is 4.79 Å². The second-order valence-electron chi connectivity index (χ2n) is 4.27. The number of rotatable bonds is 2. The lowest BCUT2D eigenvalue weighted by atomic mass is 10.2. The second kappa shape index (κ2) is 4.13. The van der Waals surface area contributed by atoms with Crippen LogP contribution in [0.1, 0.15) is 21.7 Å². The van der Waals surface area contributed by atoms with Crippen LogP contribution in [0.3, 0.4) is 0 Å². The Morgan fingerprint density at radius 2 is 2.16 bits per heavy atom. The van der Waals surface area contributed by atoms with Crippen LogP contribution in [0, 0.1) is 13.8 Å². The number of primary amides is 1. The van der Waals surface area contributed by atoms with Crippen LogP contribution in [0.5, 0.6) is 0 Å². The highest BCUT2D eigenvalue weighted by molar-refractivity contribution is 7.09. The molecule has 0 radical (unpaired) electrons. The molecule has 3 aromatic rings. The van der Waals surface area contributed by atoms with E-state index in [1.807, 2.05) is 26.0 Å². The Labute approximate surface area is 113 Å². The molecule has 3 aromatic heterocycles. The molecule has 0 unspecified atom stereocenters. The first-order chi connectivity index (χ1) is 9.06. The molecule has 19 heavy (non-hydrogen) atoms. The molecular formula is C12H11N5OS. The van der Waals surface area contributed by atoms with Crippen molar-refractivity contribution in [3.05, 3.63) is 35.3 Å². The van der Waals surface area contributed by atoms with Gasteiger partial charge in [0, 0.05) is 5.69 Å². The van der Waals surface area contributed by atoms with E-state index in [0.29, 0.717) is 11.2 Å². The van der Waals surface area contributed by atoms with Crippen LogP contribution < -0.4 is 5.73 Å². The van der Waals surface area contributed by atoms with Gasteiger partial charge < -0.3 is 5.73 Å². The summed E-state index contributed by atoms with van der Waals surface area (Å²) in [5, 5.41) is 4.12. The first-order valence-electron chi connectivity index (χ1n) is 5.65. The number of aromatic nitrogens is 4. The van der Waals surface area contributed by atoms with Crippen LogP contribution in [0.15, 0.2) is 18.3 Å². The van der Waals surface area contributed by atoms with Crippen molar-refractivity contribution >= 4 is 23.1 Å². The summed E-state index contributed by atoms with van der Waals surface area (Å²) in [4.78, 5) is 16.8. The van der Waals surface area contributed by atoms with Crippen molar-refractivity contribution in [2.45, 2.75) is 13.8 Å². The zero-order valence-corrected chi connectivity index (χ0v) is 11.2. The number of nitrogens with two attached hydrogens (primary N) is 1. The highest BCUT2D eigenvalue weighted by Gasteiger charge is 2.14. The molecule has 0 aromatic carbocycles. The molecule has 0 aliphatic heterocycles. The highest BCUT2D eigenvalue weighted by atomic mass is 32.1. The molecule has 0 spiro atoms. The molecule has 0 saturated heterocycles. The van der Waals surface area contributed by atoms with E-state index in [1.54, 1.807) is 4.52 Å². The van der Waals surface area contributed by atoms with Gasteiger partial charge in [0.25, 0.3) is 5.91 Å². The minimum absolute atomic E-state index is 0.325. The van der Waals surface area contributed by atoms with Crippen molar-refractivity contribution in [1.29, 1.82) is 0 Å². The van der Waals surface area contributed by atoms with Crippen LogP contribution in [0.2, 0.25) is 0 Å². The van der Waals surface area contributed by atoms with Crippen molar-refractivity contribution in [1.82, 2.24) is 19.0 Å². The Bertz CT molecular complexity index is 789. The van der Waals surface area contributed by atoms with Crippen molar-refractivity contribution in [2.24, 2.45) is 5.73 Å². The fourth-order valence-electron chi connectivity index (χ4n) is 1.90. The van der Waals surface area contributed by atoms with Crippen LogP contribution in [0.4, 0.5) is 0 Å². The second-order valence-corrected chi connectivity index (χ2v) is 5.08. The highest BCUT2D eigenvalue weighted by Crippen LogP contribution is 2.25. The Hall–Kier alpha value is -2.28. The van der Waals surface area contributed by atoms with Gasteiger partial charge in [0.1, 0.15) is 5.56 Å². The molecule has 1 amide bonds. The molecule has 6 nitrogen and oxygen atoms in total. The maximum absolute atomic E-state index is 11.4. The third-order valence-corrected chi connectivity index (χ3v) is 3.70. The first kappa shape index (κ1) is 11.8. The standard InChI is InChI=1S/C12H11N5OS/c1-6-3-10(19-16-6)9-4-7(2)17-12(15-9)8(5-14-17)11(13)18/h3-5H,1-2H3,(H2,13,18). The molecule has 0 aliphatic carbocycles. The molecule has 0 fully saturated rings. The van der Waals surface area contributed by atoms with Gasteiger partial charge in [-0.1, -0.05) is 0 Å². The third-order valence-electron chi connectivity index (χ3n) is 2.80. The third kappa shape index (κ3) is 1.88. The monoisotopic (exact) mass is 273 g/mol. The Kier molecular flexibility index (Phi) is 2.56. The zero-order chi connectivity index (χ0) is 13.6. The summed E-state index contributed by atoms with van der Waals surface area (Å²) < 4.78 is 5.84. The molecule has 3 rings (SSSR count). The normalized spacial score (nSPS) is 11.1. The summed E-state index contributed by atoms with van der Waals surface area (Å²) in [6.45, 7) is 3.84. The minimum atomic E-state index is -0.528. The van der Waals surface area contributed by atoms with E-state index in [1.165, 1.54) is 17.7 Å². The predicted octanol–water partition coefficient (Wildman–Crippen LogP) is 1.57. The van der Waals surface area contributed by atoms with Crippen LogP contribution >= 0.6 is 11.5 Å². The number of amides is 1. The summed E-state index contributed by atoms with van der Waals surface area (Å²) in [6.07, 6.45) is 1.44. The number of nitrogens with zero attached hydrogens (tertiary/aromatic N) is 4. The Balaban J connectivity index is 2.27. The number of carbonyl (C=O) groups excluding carboxylic acids is 1. The summed E-state index contributed by atoms with van der Waals surface area (Å²) in [5.41, 5.74) is 8.74. The lowest BCUT2D eigenvalue weighted by molar-refractivity contribution is 0.100. The van der Waals surface area contributed by atoms with E-state index in [2.05, 4.69) is 14.5 Å². The molecule has 0 aliphatic rings.